The molecule has 0 spiro atoms. The molecule has 4 aromatic rings. The molecule has 2 heterocycles. The Balaban J connectivity index is 1.74. The Morgan fingerprint density at radius 2 is 1.81 bits per heavy atom. The lowest BCUT2D eigenvalue weighted by Gasteiger charge is -2.08. The van der Waals surface area contributed by atoms with E-state index in [0.717, 1.165) is 27.5 Å². The number of hydrogen-bond acceptors (Lipinski definition) is 5. The number of nitrogens with zero attached hydrogens (tertiary/aromatic N) is 2. The van der Waals surface area contributed by atoms with Crippen molar-refractivity contribution in [3.63, 3.8) is 0 Å². The number of aromatic nitrogens is 4. The number of hydrogen-bond donors (Lipinski definition) is 3. The number of fused-ring (bicyclic) bond motifs is 2. The Labute approximate surface area is 162 Å². The fourth-order valence-electron chi connectivity index (χ4n) is 2.69. The first-order chi connectivity index (χ1) is 13.1. The molecule has 2 aromatic carbocycles. The number of aromatic amines is 2. The third-order valence-corrected chi connectivity index (χ3v) is 5.04. The van der Waals surface area contributed by atoms with Crippen LogP contribution in [0.3, 0.4) is 0 Å². The van der Waals surface area contributed by atoms with Gasteiger partial charge >= 0.3 is 0 Å². The average Bonchev–Trinajstić information content (AvgIpc) is 3.07. The van der Waals surface area contributed by atoms with Crippen molar-refractivity contribution in [1.29, 1.82) is 0 Å². The summed E-state index contributed by atoms with van der Waals surface area (Å²) in [6, 6.07) is 8.77. The summed E-state index contributed by atoms with van der Waals surface area (Å²) >= 11 is 6.75. The van der Waals surface area contributed by atoms with Crippen molar-refractivity contribution in [2.75, 3.05) is 14.2 Å². The fourth-order valence-corrected chi connectivity index (χ4v) is 3.58. The average molecular weight is 403 g/mol. The zero-order valence-electron chi connectivity index (χ0n) is 14.4. The van der Waals surface area contributed by atoms with E-state index in [1.807, 2.05) is 6.07 Å². The van der Waals surface area contributed by atoms with Gasteiger partial charge in [0.2, 0.25) is 0 Å². The molecule has 9 heteroatoms. The third-order valence-electron chi connectivity index (χ3n) is 3.97. The van der Waals surface area contributed by atoms with Gasteiger partial charge in [0.05, 0.1) is 36.2 Å². The molecule has 138 valence electrons. The van der Waals surface area contributed by atoms with Gasteiger partial charge in [0.15, 0.2) is 16.7 Å². The minimum absolute atomic E-state index is 0.251. The molecule has 0 radical (unpaired) electrons. The molecule has 0 saturated carbocycles. The molecule has 0 aliphatic heterocycles. The van der Waals surface area contributed by atoms with Crippen LogP contribution in [-0.2, 0) is 0 Å². The Kier molecular flexibility index (Phi) is 4.59. The lowest BCUT2D eigenvalue weighted by Crippen LogP contribution is -2.11. The Hall–Kier alpha value is -2.84. The van der Waals surface area contributed by atoms with Crippen LogP contribution < -0.4 is 15.0 Å². The van der Waals surface area contributed by atoms with E-state index in [4.69, 9.17) is 21.1 Å². The van der Waals surface area contributed by atoms with Crippen molar-refractivity contribution >= 4 is 50.3 Å². The molecule has 0 fully saturated rings. The highest BCUT2D eigenvalue weighted by Crippen LogP contribution is 2.29. The highest BCUT2D eigenvalue weighted by molar-refractivity contribution is 7.97. The van der Waals surface area contributed by atoms with Crippen molar-refractivity contribution in [2.45, 2.75) is 5.16 Å². The van der Waals surface area contributed by atoms with Crippen LogP contribution in [0.15, 0.2) is 40.3 Å². The second kappa shape index (κ2) is 7.05. The maximum Gasteiger partial charge on any atom is 0.259 e. The molecule has 0 aliphatic rings. The van der Waals surface area contributed by atoms with Gasteiger partial charge in [-0.05, 0) is 24.3 Å². The summed E-state index contributed by atoms with van der Waals surface area (Å²) in [5, 5.41) is 3.56. The van der Waals surface area contributed by atoms with Crippen LogP contribution in [0.5, 0.6) is 11.5 Å². The highest BCUT2D eigenvalue weighted by atomic mass is 35.5. The van der Waals surface area contributed by atoms with E-state index in [0.29, 0.717) is 33.2 Å². The van der Waals surface area contributed by atoms with Gasteiger partial charge < -0.3 is 19.4 Å². The van der Waals surface area contributed by atoms with Crippen LogP contribution in [0.2, 0.25) is 5.02 Å². The summed E-state index contributed by atoms with van der Waals surface area (Å²) in [6.07, 6.45) is 0. The van der Waals surface area contributed by atoms with E-state index in [9.17, 15) is 4.79 Å². The Bertz CT molecular complexity index is 1250. The predicted molar refractivity (Wildman–Crippen MR) is 109 cm³/mol. The number of nitrogens with one attached hydrogen (secondary N) is 2. The van der Waals surface area contributed by atoms with Crippen molar-refractivity contribution in [3.05, 3.63) is 51.5 Å². The van der Waals surface area contributed by atoms with Gasteiger partial charge in [0.1, 0.15) is 5.82 Å². The van der Waals surface area contributed by atoms with E-state index in [1.54, 1.807) is 29.6 Å². The summed E-state index contributed by atoms with van der Waals surface area (Å²) in [5.41, 5.74) is 1.95. The van der Waals surface area contributed by atoms with E-state index in [2.05, 4.69) is 19.9 Å². The van der Waals surface area contributed by atoms with E-state index in [-0.39, 0.29) is 5.56 Å². The molecule has 0 atom stereocenters. The second-order valence-electron chi connectivity index (χ2n) is 5.66. The number of methoxy groups -OCH3 is 2. The molecule has 0 amide bonds. The number of imidazole rings is 1. The number of ether oxygens (including phenoxy) is 2. The molecule has 7 nitrogen and oxygen atoms in total. The van der Waals surface area contributed by atoms with Crippen molar-refractivity contribution in [1.82, 2.24) is 19.9 Å². The maximum atomic E-state index is 12.4. The SMILES string of the molecule is COc1cc2nc(C=[SH]c3nc4cc(Cl)ccc4[nH]3)[nH]c(=O)c2cc1OC. The summed E-state index contributed by atoms with van der Waals surface area (Å²) in [4.78, 5) is 27.3. The standard InChI is InChI=1S/C18H15ClN4O3S/c1-25-14-6-10-12(7-15(14)26-2)20-16(23-17(10)24)8-27-18-21-11-4-3-9(19)5-13(11)22-18/h3-8,27H,1-2H3,(H,21,22)(H,20,23,24). The summed E-state index contributed by atoms with van der Waals surface area (Å²) < 4.78 is 10.5. The van der Waals surface area contributed by atoms with Crippen LogP contribution in [0, 0.1) is 0 Å². The molecule has 0 aliphatic carbocycles. The highest BCUT2D eigenvalue weighted by Gasteiger charge is 2.10. The van der Waals surface area contributed by atoms with Crippen LogP contribution in [-0.4, -0.2) is 39.5 Å². The minimum atomic E-state index is -0.251. The van der Waals surface area contributed by atoms with Crippen LogP contribution in [0.1, 0.15) is 5.82 Å². The van der Waals surface area contributed by atoms with Gasteiger partial charge in [0.25, 0.3) is 5.56 Å². The van der Waals surface area contributed by atoms with Gasteiger partial charge in [-0.15, -0.1) is 11.4 Å². The lowest BCUT2D eigenvalue weighted by molar-refractivity contribution is 0.355. The zero-order valence-corrected chi connectivity index (χ0v) is 16.1. The molecule has 2 N–H and O–H groups in total. The van der Waals surface area contributed by atoms with Crippen LogP contribution >= 0.6 is 23.0 Å². The number of H-pyrrole nitrogens is 2. The van der Waals surface area contributed by atoms with E-state index < -0.39 is 0 Å². The molecular weight excluding hydrogens is 388 g/mol. The molecule has 4 rings (SSSR count). The Morgan fingerprint density at radius 1 is 1.04 bits per heavy atom. The van der Waals surface area contributed by atoms with Gasteiger partial charge in [-0.3, -0.25) is 4.79 Å². The predicted octanol–water partition coefficient (Wildman–Crippen LogP) is 3.14. The van der Waals surface area contributed by atoms with Gasteiger partial charge in [0, 0.05) is 16.5 Å². The van der Waals surface area contributed by atoms with Crippen molar-refractivity contribution in [2.24, 2.45) is 0 Å². The smallest absolute Gasteiger partial charge is 0.259 e. The third kappa shape index (κ3) is 3.41. The minimum Gasteiger partial charge on any atom is -0.493 e. The number of thiol groups is 1. The second-order valence-corrected chi connectivity index (χ2v) is 7.03. The lowest BCUT2D eigenvalue weighted by atomic mass is 10.2. The molecule has 27 heavy (non-hydrogen) atoms. The van der Waals surface area contributed by atoms with Crippen molar-refractivity contribution in [3.8, 4) is 11.5 Å². The van der Waals surface area contributed by atoms with Crippen LogP contribution in [0.25, 0.3) is 21.9 Å². The molecule has 0 bridgehead atoms. The first-order valence-electron chi connectivity index (χ1n) is 7.93. The Morgan fingerprint density at radius 3 is 2.59 bits per heavy atom. The number of halogens is 1. The fraction of sp³-hybridized carbons (Fsp3) is 0.111. The zero-order chi connectivity index (χ0) is 19.0. The topological polar surface area (TPSA) is 92.9 Å². The molecule has 2 aromatic heterocycles. The van der Waals surface area contributed by atoms with Gasteiger partial charge in [-0.25, -0.2) is 9.97 Å². The van der Waals surface area contributed by atoms with Gasteiger partial charge in [-0.2, -0.15) is 0 Å². The molecule has 0 saturated heterocycles. The summed E-state index contributed by atoms with van der Waals surface area (Å²) in [6.45, 7) is 0. The molecule has 0 unspecified atom stereocenters. The monoisotopic (exact) mass is 402 g/mol. The number of benzene rings is 2. The normalized spacial score (nSPS) is 11.8. The first-order valence-corrected chi connectivity index (χ1v) is 9.27. The summed E-state index contributed by atoms with van der Waals surface area (Å²) in [7, 11) is 3.06. The van der Waals surface area contributed by atoms with E-state index >= 15 is 0 Å². The number of rotatable bonds is 4. The largest absolute Gasteiger partial charge is 0.493 e. The van der Waals surface area contributed by atoms with Gasteiger partial charge in [-0.1, -0.05) is 11.6 Å². The quantitative estimate of drug-likeness (QED) is 0.360. The van der Waals surface area contributed by atoms with Crippen LogP contribution in [0.4, 0.5) is 0 Å². The van der Waals surface area contributed by atoms with Crippen molar-refractivity contribution < 1.29 is 9.47 Å². The molecular formula is C18H15ClN4O3S. The maximum absolute atomic E-state index is 12.4. The summed E-state index contributed by atoms with van der Waals surface area (Å²) in [5.74, 6) is 1.44. The first kappa shape index (κ1) is 17.6. The van der Waals surface area contributed by atoms with E-state index in [1.165, 1.54) is 14.2 Å².